The molecular formula is C23H23NO4S2. The van der Waals surface area contributed by atoms with Gasteiger partial charge in [-0.1, -0.05) is 61.6 Å². The number of carbonyl (C=O) groups excluding carboxylic acids is 1. The number of carbonyl (C=O) groups is 2. The van der Waals surface area contributed by atoms with Gasteiger partial charge in [-0.15, -0.1) is 0 Å². The average molecular weight is 442 g/mol. The molecule has 1 N–H and O–H groups in total. The molecule has 30 heavy (non-hydrogen) atoms. The van der Waals surface area contributed by atoms with Crippen LogP contribution in [0.1, 0.15) is 37.3 Å². The second-order valence-electron chi connectivity index (χ2n) is 6.85. The lowest BCUT2D eigenvalue weighted by Gasteiger charge is -2.15. The molecule has 1 heterocycles. The maximum absolute atomic E-state index is 12.9. The molecule has 0 aromatic heterocycles. The van der Waals surface area contributed by atoms with Gasteiger partial charge in [0.15, 0.2) is 4.32 Å². The van der Waals surface area contributed by atoms with Crippen LogP contribution in [0.25, 0.3) is 6.08 Å². The number of benzene rings is 2. The molecule has 0 saturated carbocycles. The molecule has 3 rings (SSSR count). The zero-order valence-electron chi connectivity index (χ0n) is 16.7. The quantitative estimate of drug-likeness (QED) is 0.421. The number of hydrogen-bond donors (Lipinski definition) is 1. The zero-order chi connectivity index (χ0) is 21.5. The van der Waals surface area contributed by atoms with E-state index in [9.17, 15) is 9.59 Å². The Morgan fingerprint density at radius 2 is 1.87 bits per heavy atom. The maximum Gasteiger partial charge on any atom is 0.306 e. The van der Waals surface area contributed by atoms with Crippen molar-refractivity contribution in [1.82, 2.24) is 0 Å². The van der Waals surface area contributed by atoms with Crippen molar-refractivity contribution < 1.29 is 19.4 Å². The molecular weight excluding hydrogens is 418 g/mol. The van der Waals surface area contributed by atoms with Gasteiger partial charge in [-0.05, 0) is 54.3 Å². The standard InChI is InChI=1S/C23H23NO4S2/c1-2-3-4-16-5-9-18(10-6-16)24-22(27)20(30-23(24)29)15-17-7-11-19(12-8-17)28-14-13-21(25)26/h5-12,15H,2-4,13-14H2,1H3,(H,25,26)/b20-15+. The smallest absolute Gasteiger partial charge is 0.306 e. The van der Waals surface area contributed by atoms with E-state index in [0.29, 0.717) is 15.0 Å². The van der Waals surface area contributed by atoms with Crippen LogP contribution in [0.5, 0.6) is 5.75 Å². The van der Waals surface area contributed by atoms with Crippen LogP contribution in [0.4, 0.5) is 5.69 Å². The first-order valence-corrected chi connectivity index (χ1v) is 11.0. The van der Waals surface area contributed by atoms with Gasteiger partial charge in [0.1, 0.15) is 5.75 Å². The van der Waals surface area contributed by atoms with E-state index >= 15 is 0 Å². The lowest BCUT2D eigenvalue weighted by molar-refractivity contribution is -0.137. The fraction of sp³-hybridized carbons (Fsp3) is 0.261. The minimum absolute atomic E-state index is 0.0518. The Bertz CT molecular complexity index is 952. The number of anilines is 1. The Hall–Kier alpha value is -2.64. The number of ether oxygens (including phenoxy) is 1. The van der Waals surface area contributed by atoms with E-state index in [1.807, 2.05) is 24.3 Å². The highest BCUT2D eigenvalue weighted by molar-refractivity contribution is 8.27. The second-order valence-corrected chi connectivity index (χ2v) is 8.52. The van der Waals surface area contributed by atoms with Crippen LogP contribution in [0, 0.1) is 0 Å². The van der Waals surface area contributed by atoms with Crippen molar-refractivity contribution in [2.45, 2.75) is 32.6 Å². The van der Waals surface area contributed by atoms with Crippen molar-refractivity contribution in [1.29, 1.82) is 0 Å². The van der Waals surface area contributed by atoms with Crippen LogP contribution < -0.4 is 9.64 Å². The van der Waals surface area contributed by atoms with Crippen molar-refractivity contribution in [2.24, 2.45) is 0 Å². The molecule has 5 nitrogen and oxygen atoms in total. The molecule has 1 saturated heterocycles. The predicted octanol–water partition coefficient (Wildman–Crippen LogP) is 5.29. The van der Waals surface area contributed by atoms with Crippen molar-refractivity contribution in [3.63, 3.8) is 0 Å². The van der Waals surface area contributed by atoms with Crippen LogP contribution in [-0.2, 0) is 16.0 Å². The lowest BCUT2D eigenvalue weighted by atomic mass is 10.1. The van der Waals surface area contributed by atoms with Crippen LogP contribution >= 0.6 is 24.0 Å². The number of hydrogen-bond acceptors (Lipinski definition) is 5. The number of amides is 1. The first-order valence-electron chi connectivity index (χ1n) is 9.79. The van der Waals surface area contributed by atoms with Crippen LogP contribution in [0.3, 0.4) is 0 Å². The third kappa shape index (κ3) is 5.70. The Morgan fingerprint density at radius 1 is 1.17 bits per heavy atom. The molecule has 156 valence electrons. The molecule has 0 spiro atoms. The van der Waals surface area contributed by atoms with Gasteiger partial charge in [-0.2, -0.15) is 0 Å². The molecule has 2 aromatic rings. The van der Waals surface area contributed by atoms with E-state index in [1.54, 1.807) is 23.1 Å². The Labute approximate surface area is 185 Å². The monoisotopic (exact) mass is 441 g/mol. The largest absolute Gasteiger partial charge is 0.493 e. The van der Waals surface area contributed by atoms with Gasteiger partial charge in [-0.25, -0.2) is 0 Å². The molecule has 2 aromatic carbocycles. The summed E-state index contributed by atoms with van der Waals surface area (Å²) in [5.74, 6) is -0.443. The summed E-state index contributed by atoms with van der Waals surface area (Å²) in [5, 5.41) is 8.66. The molecule has 1 aliphatic rings. The molecule has 0 atom stereocenters. The number of thioether (sulfide) groups is 1. The van der Waals surface area contributed by atoms with E-state index < -0.39 is 5.97 Å². The fourth-order valence-corrected chi connectivity index (χ4v) is 4.25. The Kier molecular flexibility index (Phi) is 7.65. The topological polar surface area (TPSA) is 66.8 Å². The second kappa shape index (κ2) is 10.4. The first-order chi connectivity index (χ1) is 14.5. The predicted molar refractivity (Wildman–Crippen MR) is 125 cm³/mol. The number of nitrogens with zero attached hydrogens (tertiary/aromatic N) is 1. The first kappa shape index (κ1) is 22.1. The molecule has 7 heteroatoms. The minimum Gasteiger partial charge on any atom is -0.493 e. The molecule has 0 unspecified atom stereocenters. The summed E-state index contributed by atoms with van der Waals surface area (Å²) in [6.45, 7) is 2.28. The molecule has 1 amide bonds. The third-order valence-corrected chi connectivity index (χ3v) is 5.87. The van der Waals surface area contributed by atoms with E-state index in [4.69, 9.17) is 22.1 Å². The van der Waals surface area contributed by atoms with Crippen molar-refractivity contribution in [3.05, 3.63) is 64.6 Å². The van der Waals surface area contributed by atoms with Gasteiger partial charge < -0.3 is 9.84 Å². The number of aryl methyl sites for hydroxylation is 1. The van der Waals surface area contributed by atoms with Crippen LogP contribution in [0.2, 0.25) is 0 Å². The highest BCUT2D eigenvalue weighted by atomic mass is 32.2. The minimum atomic E-state index is -0.899. The van der Waals surface area contributed by atoms with Gasteiger partial charge in [0.2, 0.25) is 0 Å². The summed E-state index contributed by atoms with van der Waals surface area (Å²) < 4.78 is 5.90. The van der Waals surface area contributed by atoms with E-state index in [1.165, 1.54) is 17.3 Å². The lowest BCUT2D eigenvalue weighted by Crippen LogP contribution is -2.27. The maximum atomic E-state index is 12.9. The Balaban J connectivity index is 1.68. The number of rotatable bonds is 9. The number of unbranched alkanes of at least 4 members (excludes halogenated alkanes) is 1. The van der Waals surface area contributed by atoms with E-state index in [2.05, 4.69) is 19.1 Å². The summed E-state index contributed by atoms with van der Waals surface area (Å²) in [6.07, 6.45) is 5.08. The number of aliphatic carboxylic acids is 1. The number of thiocarbonyl (C=S) groups is 1. The summed E-state index contributed by atoms with van der Waals surface area (Å²) >= 11 is 6.73. The highest BCUT2D eigenvalue weighted by Gasteiger charge is 2.33. The average Bonchev–Trinajstić information content (AvgIpc) is 3.01. The van der Waals surface area contributed by atoms with Crippen molar-refractivity contribution in [3.8, 4) is 5.75 Å². The van der Waals surface area contributed by atoms with Gasteiger partial charge in [-0.3, -0.25) is 14.5 Å². The molecule has 0 bridgehead atoms. The summed E-state index contributed by atoms with van der Waals surface area (Å²) in [7, 11) is 0. The molecule has 1 aliphatic heterocycles. The zero-order valence-corrected chi connectivity index (χ0v) is 18.3. The number of carboxylic acids is 1. The van der Waals surface area contributed by atoms with Crippen LogP contribution in [-0.4, -0.2) is 27.9 Å². The van der Waals surface area contributed by atoms with Gasteiger partial charge in [0.05, 0.1) is 23.6 Å². The summed E-state index contributed by atoms with van der Waals surface area (Å²) in [4.78, 5) is 25.6. The highest BCUT2D eigenvalue weighted by Crippen LogP contribution is 2.36. The third-order valence-electron chi connectivity index (χ3n) is 4.57. The summed E-state index contributed by atoms with van der Waals surface area (Å²) in [5.41, 5.74) is 2.88. The normalized spacial score (nSPS) is 15.1. The Morgan fingerprint density at radius 3 is 2.50 bits per heavy atom. The van der Waals surface area contributed by atoms with Gasteiger partial charge in [0, 0.05) is 0 Å². The van der Waals surface area contributed by atoms with Crippen LogP contribution in [0.15, 0.2) is 53.4 Å². The fourth-order valence-electron chi connectivity index (χ4n) is 2.95. The molecule has 1 fully saturated rings. The van der Waals surface area contributed by atoms with Gasteiger partial charge >= 0.3 is 5.97 Å². The number of carboxylic acid groups (broad SMARTS) is 1. The SMILES string of the molecule is CCCCc1ccc(N2C(=O)/C(=C\c3ccc(OCCC(=O)O)cc3)SC2=S)cc1. The molecule has 0 aliphatic carbocycles. The van der Waals surface area contributed by atoms with E-state index in [0.717, 1.165) is 30.5 Å². The summed E-state index contributed by atoms with van der Waals surface area (Å²) in [6, 6.07) is 15.2. The van der Waals surface area contributed by atoms with Crippen molar-refractivity contribution >= 4 is 51.9 Å². The van der Waals surface area contributed by atoms with Gasteiger partial charge in [0.25, 0.3) is 5.91 Å². The van der Waals surface area contributed by atoms with Crippen molar-refractivity contribution in [2.75, 3.05) is 11.5 Å². The van der Waals surface area contributed by atoms with E-state index in [-0.39, 0.29) is 18.9 Å². The molecule has 0 radical (unpaired) electrons.